The molecule has 0 aromatic heterocycles. The summed E-state index contributed by atoms with van der Waals surface area (Å²) in [5.41, 5.74) is 4.06. The average Bonchev–Trinajstić information content (AvgIpc) is 3.04. The van der Waals surface area contributed by atoms with Crippen LogP contribution in [0, 0.1) is 46.8 Å². The molecule has 0 radical (unpaired) electrons. The molecule has 4 aliphatic carbocycles. The molecule has 1 nitrogen and oxygen atoms in total. The Morgan fingerprint density at radius 1 is 1.07 bits per heavy atom. The molecule has 4 rings (SSSR count). The van der Waals surface area contributed by atoms with E-state index in [2.05, 4.69) is 43.6 Å². The summed E-state index contributed by atoms with van der Waals surface area (Å²) in [6, 6.07) is 0. The van der Waals surface area contributed by atoms with Gasteiger partial charge < -0.3 is 5.11 Å². The number of fused-ring (bicyclic) bond motifs is 4. The Kier molecular flexibility index (Phi) is 6.92. The lowest BCUT2D eigenvalue weighted by molar-refractivity contribution is -0.0107. The van der Waals surface area contributed by atoms with Crippen molar-refractivity contribution in [3.05, 3.63) is 11.1 Å². The molecule has 29 heavy (non-hydrogen) atoms. The van der Waals surface area contributed by atoms with Gasteiger partial charge in [0.1, 0.15) is 0 Å². The van der Waals surface area contributed by atoms with Gasteiger partial charge in [0, 0.05) is 5.33 Å². The summed E-state index contributed by atoms with van der Waals surface area (Å²) >= 11 is 3.85. The molecule has 2 fully saturated rings. The molecule has 0 spiro atoms. The van der Waals surface area contributed by atoms with Gasteiger partial charge in [-0.25, -0.2) is 0 Å². The first kappa shape index (κ1) is 22.4. The number of rotatable bonds is 6. The molecule has 4 aliphatic rings. The molecule has 1 N–H and O–H groups in total. The van der Waals surface area contributed by atoms with Crippen LogP contribution in [0.25, 0.3) is 0 Å². The van der Waals surface area contributed by atoms with Crippen LogP contribution >= 0.6 is 15.9 Å². The quantitative estimate of drug-likeness (QED) is 0.314. The van der Waals surface area contributed by atoms with Crippen LogP contribution in [0.1, 0.15) is 98.3 Å². The number of alkyl halides is 1. The normalized spacial score (nSPS) is 43.1. The highest BCUT2D eigenvalue weighted by Crippen LogP contribution is 2.65. The van der Waals surface area contributed by atoms with E-state index in [1.807, 2.05) is 5.57 Å². The van der Waals surface area contributed by atoms with Gasteiger partial charge in [0.05, 0.1) is 6.10 Å². The zero-order chi connectivity index (χ0) is 20.8. The van der Waals surface area contributed by atoms with Gasteiger partial charge in [0.25, 0.3) is 0 Å². The van der Waals surface area contributed by atoms with Gasteiger partial charge in [-0.2, -0.15) is 0 Å². The Hall–Kier alpha value is 0.180. The maximum Gasteiger partial charge on any atom is 0.0580 e. The predicted molar refractivity (Wildman–Crippen MR) is 127 cm³/mol. The van der Waals surface area contributed by atoms with Crippen molar-refractivity contribution in [1.29, 1.82) is 0 Å². The second-order valence-electron chi connectivity index (χ2n) is 11.9. The molecule has 166 valence electrons. The highest BCUT2D eigenvalue weighted by molar-refractivity contribution is 9.09. The monoisotopic (exact) mass is 464 g/mol. The van der Waals surface area contributed by atoms with E-state index in [1.165, 1.54) is 57.8 Å². The summed E-state index contributed by atoms with van der Waals surface area (Å²) in [5.74, 6) is 6.10. The number of hydrogen-bond donors (Lipinski definition) is 1. The zero-order valence-corrected chi connectivity index (χ0v) is 21.0. The van der Waals surface area contributed by atoms with Crippen LogP contribution in [-0.4, -0.2) is 16.5 Å². The highest BCUT2D eigenvalue weighted by Gasteiger charge is 2.56. The van der Waals surface area contributed by atoms with E-state index in [0.29, 0.717) is 11.3 Å². The molecular weight excluding hydrogens is 420 g/mol. The first-order valence-electron chi connectivity index (χ1n) is 12.8. The third-order valence-corrected chi connectivity index (χ3v) is 10.7. The van der Waals surface area contributed by atoms with Crippen LogP contribution in [0.2, 0.25) is 0 Å². The standard InChI is InChI=1S/C27H45BrO/c1-17(2)6-5-7-18(3)25-10-11-26-24-14-19(16-28)23-15-20(29)8-9-21(23)22(24)12-13-27(25,26)4/h17-20,22,24-26,29H,5-16H2,1-4H3/t18-,19?,20+,22-,24-,25-,26+,27-/m1/s1. The summed E-state index contributed by atoms with van der Waals surface area (Å²) in [4.78, 5) is 0. The van der Waals surface area contributed by atoms with E-state index in [1.54, 1.807) is 5.57 Å². The smallest absolute Gasteiger partial charge is 0.0580 e. The van der Waals surface area contributed by atoms with Gasteiger partial charge in [0.2, 0.25) is 0 Å². The number of halogens is 1. The molecular formula is C27H45BrO. The Labute approximate surface area is 188 Å². The minimum absolute atomic E-state index is 0.0803. The van der Waals surface area contributed by atoms with Crippen molar-refractivity contribution < 1.29 is 5.11 Å². The van der Waals surface area contributed by atoms with E-state index in [9.17, 15) is 5.11 Å². The Balaban J connectivity index is 1.51. The fraction of sp³-hybridized carbons (Fsp3) is 0.926. The van der Waals surface area contributed by atoms with Crippen LogP contribution in [0.3, 0.4) is 0 Å². The van der Waals surface area contributed by atoms with Crippen molar-refractivity contribution in [3.8, 4) is 0 Å². The summed E-state index contributed by atoms with van der Waals surface area (Å²) in [5, 5.41) is 11.4. The van der Waals surface area contributed by atoms with Crippen molar-refractivity contribution in [1.82, 2.24) is 0 Å². The van der Waals surface area contributed by atoms with E-state index in [0.717, 1.165) is 53.7 Å². The van der Waals surface area contributed by atoms with Crippen LogP contribution in [0.15, 0.2) is 11.1 Å². The minimum atomic E-state index is -0.0803. The van der Waals surface area contributed by atoms with Crippen LogP contribution in [0.4, 0.5) is 0 Å². The molecule has 0 aliphatic heterocycles. The first-order valence-corrected chi connectivity index (χ1v) is 13.9. The molecule has 0 saturated heterocycles. The Morgan fingerprint density at radius 3 is 2.59 bits per heavy atom. The average molecular weight is 466 g/mol. The van der Waals surface area contributed by atoms with E-state index >= 15 is 0 Å². The highest BCUT2D eigenvalue weighted by atomic mass is 79.9. The topological polar surface area (TPSA) is 20.2 Å². The number of allylic oxidation sites excluding steroid dienone is 1. The summed E-state index contributed by atoms with van der Waals surface area (Å²) in [6.45, 7) is 10.0. The maximum absolute atomic E-state index is 10.3. The first-order chi connectivity index (χ1) is 13.8. The Bertz CT molecular complexity index is 610. The predicted octanol–water partition coefficient (Wildman–Crippen LogP) is 7.76. The summed E-state index contributed by atoms with van der Waals surface area (Å²) in [7, 11) is 0. The van der Waals surface area contributed by atoms with Gasteiger partial charge in [-0.1, -0.05) is 74.0 Å². The van der Waals surface area contributed by atoms with Crippen LogP contribution < -0.4 is 0 Å². The molecule has 0 amide bonds. The number of aliphatic hydroxyl groups is 1. The van der Waals surface area contributed by atoms with Gasteiger partial charge in [-0.15, -0.1) is 0 Å². The molecule has 0 aromatic carbocycles. The third kappa shape index (κ3) is 4.15. The van der Waals surface area contributed by atoms with Crippen molar-refractivity contribution in [2.24, 2.45) is 46.8 Å². The second-order valence-corrected chi connectivity index (χ2v) is 12.6. The van der Waals surface area contributed by atoms with Gasteiger partial charge >= 0.3 is 0 Å². The van der Waals surface area contributed by atoms with Gasteiger partial charge in [-0.3, -0.25) is 0 Å². The van der Waals surface area contributed by atoms with Crippen molar-refractivity contribution in [2.45, 2.75) is 104 Å². The van der Waals surface area contributed by atoms with E-state index < -0.39 is 0 Å². The molecule has 2 saturated carbocycles. The van der Waals surface area contributed by atoms with Crippen molar-refractivity contribution >= 4 is 15.9 Å². The molecule has 0 bridgehead atoms. The largest absolute Gasteiger partial charge is 0.393 e. The molecule has 0 aromatic rings. The molecule has 0 heterocycles. The lowest BCUT2D eigenvalue weighted by atomic mass is 9.51. The zero-order valence-electron chi connectivity index (χ0n) is 19.4. The van der Waals surface area contributed by atoms with Crippen LogP contribution in [0.5, 0.6) is 0 Å². The molecule has 8 atom stereocenters. The van der Waals surface area contributed by atoms with Crippen LogP contribution in [-0.2, 0) is 0 Å². The minimum Gasteiger partial charge on any atom is -0.393 e. The number of hydrogen-bond acceptors (Lipinski definition) is 1. The third-order valence-electron chi connectivity index (χ3n) is 9.94. The van der Waals surface area contributed by atoms with Gasteiger partial charge in [-0.05, 0) is 98.2 Å². The lowest BCUT2D eigenvalue weighted by Crippen LogP contribution is -2.46. The van der Waals surface area contributed by atoms with Gasteiger partial charge in [0.15, 0.2) is 0 Å². The summed E-state index contributed by atoms with van der Waals surface area (Å²) < 4.78 is 0. The molecule has 1 unspecified atom stereocenters. The van der Waals surface area contributed by atoms with E-state index in [-0.39, 0.29) is 6.10 Å². The fourth-order valence-electron chi connectivity index (χ4n) is 8.52. The number of aliphatic hydroxyl groups excluding tert-OH is 1. The van der Waals surface area contributed by atoms with Crippen molar-refractivity contribution in [3.63, 3.8) is 0 Å². The molecule has 2 heteroatoms. The maximum atomic E-state index is 10.3. The Morgan fingerprint density at radius 2 is 1.86 bits per heavy atom. The fourth-order valence-corrected chi connectivity index (χ4v) is 9.18. The second kappa shape index (κ2) is 8.97. The lowest BCUT2D eigenvalue weighted by Gasteiger charge is -2.54. The van der Waals surface area contributed by atoms with E-state index in [4.69, 9.17) is 0 Å². The SMILES string of the molecule is CC(C)CCC[C@@H](C)[C@H]1CC[C@H]2[C@@H]3CC(CBr)C4=C(CC[C@H](O)C4)[C@H]3CC[C@]12C. The summed E-state index contributed by atoms with van der Waals surface area (Å²) in [6.07, 6.45) is 14.6. The van der Waals surface area contributed by atoms with Crippen molar-refractivity contribution in [2.75, 3.05) is 5.33 Å².